The second-order valence-electron chi connectivity index (χ2n) is 4.32. The first-order chi connectivity index (χ1) is 8.88. The van der Waals surface area contributed by atoms with E-state index in [1.54, 1.807) is 13.8 Å². The standard InChI is InChI=1S/C12H15ClFN3O2/c1-6(2)10(11(15)17-19)16-12(18)9-7(13)4-3-5-8(9)14/h3-6,10,19H,1-2H3,(H2,15,17)(H,16,18). The number of hydrogen-bond donors (Lipinski definition) is 3. The summed E-state index contributed by atoms with van der Waals surface area (Å²) in [7, 11) is 0. The Kier molecular flexibility index (Phi) is 5.11. The second kappa shape index (κ2) is 6.38. The molecular formula is C12H15ClFN3O2. The number of amidine groups is 1. The number of carbonyl (C=O) groups is 1. The molecule has 0 spiro atoms. The molecule has 0 fully saturated rings. The summed E-state index contributed by atoms with van der Waals surface area (Å²) in [4.78, 5) is 12.0. The van der Waals surface area contributed by atoms with Crippen molar-refractivity contribution < 1.29 is 14.4 Å². The molecule has 0 aliphatic rings. The summed E-state index contributed by atoms with van der Waals surface area (Å²) in [5.41, 5.74) is 5.22. The predicted molar refractivity (Wildman–Crippen MR) is 70.9 cm³/mol. The summed E-state index contributed by atoms with van der Waals surface area (Å²) < 4.78 is 13.6. The van der Waals surface area contributed by atoms with Crippen LogP contribution in [0.4, 0.5) is 4.39 Å². The summed E-state index contributed by atoms with van der Waals surface area (Å²) >= 11 is 5.79. The molecule has 5 nitrogen and oxygen atoms in total. The van der Waals surface area contributed by atoms with Crippen molar-refractivity contribution in [2.24, 2.45) is 16.8 Å². The molecule has 1 aromatic rings. The second-order valence-corrected chi connectivity index (χ2v) is 4.72. The third kappa shape index (κ3) is 3.57. The van der Waals surface area contributed by atoms with E-state index in [9.17, 15) is 9.18 Å². The Labute approximate surface area is 115 Å². The quantitative estimate of drug-likeness (QED) is 0.342. The van der Waals surface area contributed by atoms with Gasteiger partial charge >= 0.3 is 0 Å². The number of oxime groups is 1. The molecule has 1 atom stereocenters. The van der Waals surface area contributed by atoms with Gasteiger partial charge in [-0.1, -0.05) is 36.7 Å². The lowest BCUT2D eigenvalue weighted by Crippen LogP contribution is -2.48. The number of nitrogens with zero attached hydrogens (tertiary/aromatic N) is 1. The lowest BCUT2D eigenvalue weighted by molar-refractivity contribution is 0.0935. The molecule has 19 heavy (non-hydrogen) atoms. The number of halogens is 2. The van der Waals surface area contributed by atoms with Crippen LogP contribution in [-0.2, 0) is 0 Å². The van der Waals surface area contributed by atoms with Crippen LogP contribution >= 0.6 is 11.6 Å². The van der Waals surface area contributed by atoms with Crippen molar-refractivity contribution in [2.75, 3.05) is 0 Å². The molecule has 1 unspecified atom stereocenters. The summed E-state index contributed by atoms with van der Waals surface area (Å²) in [5, 5.41) is 14.0. The van der Waals surface area contributed by atoms with E-state index in [0.717, 1.165) is 6.07 Å². The first-order valence-electron chi connectivity index (χ1n) is 5.60. The van der Waals surface area contributed by atoms with Crippen LogP contribution in [0.25, 0.3) is 0 Å². The van der Waals surface area contributed by atoms with Crippen molar-refractivity contribution in [3.05, 3.63) is 34.6 Å². The topological polar surface area (TPSA) is 87.7 Å². The van der Waals surface area contributed by atoms with E-state index in [1.165, 1.54) is 12.1 Å². The van der Waals surface area contributed by atoms with E-state index >= 15 is 0 Å². The Bertz CT molecular complexity index is 485. The highest BCUT2D eigenvalue weighted by Gasteiger charge is 2.24. The molecule has 0 heterocycles. The van der Waals surface area contributed by atoms with Crippen LogP contribution in [0.1, 0.15) is 24.2 Å². The number of rotatable bonds is 4. The fourth-order valence-electron chi connectivity index (χ4n) is 1.57. The minimum absolute atomic E-state index is 0.000449. The van der Waals surface area contributed by atoms with Gasteiger partial charge in [0.15, 0.2) is 5.84 Å². The average Bonchev–Trinajstić information content (AvgIpc) is 2.34. The van der Waals surface area contributed by atoms with E-state index in [-0.39, 0.29) is 22.3 Å². The Hall–Kier alpha value is -1.82. The zero-order valence-electron chi connectivity index (χ0n) is 10.5. The molecular weight excluding hydrogens is 273 g/mol. The Morgan fingerprint density at radius 3 is 2.63 bits per heavy atom. The van der Waals surface area contributed by atoms with Crippen molar-refractivity contribution >= 4 is 23.3 Å². The highest BCUT2D eigenvalue weighted by atomic mass is 35.5. The molecule has 0 saturated heterocycles. The minimum Gasteiger partial charge on any atom is -0.409 e. The molecule has 1 rings (SSSR count). The largest absolute Gasteiger partial charge is 0.409 e. The van der Waals surface area contributed by atoms with E-state index in [0.29, 0.717) is 0 Å². The van der Waals surface area contributed by atoms with Gasteiger partial charge in [-0.3, -0.25) is 4.79 Å². The van der Waals surface area contributed by atoms with Gasteiger partial charge in [-0.25, -0.2) is 4.39 Å². The highest BCUT2D eigenvalue weighted by molar-refractivity contribution is 6.33. The van der Waals surface area contributed by atoms with Gasteiger partial charge in [0.25, 0.3) is 5.91 Å². The molecule has 0 aliphatic carbocycles. The Balaban J connectivity index is 3.01. The van der Waals surface area contributed by atoms with Gasteiger partial charge in [0, 0.05) is 0 Å². The van der Waals surface area contributed by atoms with Crippen molar-refractivity contribution in [2.45, 2.75) is 19.9 Å². The number of benzene rings is 1. The Morgan fingerprint density at radius 1 is 1.53 bits per heavy atom. The zero-order chi connectivity index (χ0) is 14.6. The molecule has 0 bridgehead atoms. The molecule has 0 saturated carbocycles. The fraction of sp³-hybridized carbons (Fsp3) is 0.333. The zero-order valence-corrected chi connectivity index (χ0v) is 11.3. The number of carbonyl (C=O) groups excluding carboxylic acids is 1. The fourth-order valence-corrected chi connectivity index (χ4v) is 1.82. The maximum atomic E-state index is 13.6. The molecule has 1 amide bonds. The third-order valence-corrected chi connectivity index (χ3v) is 2.89. The molecule has 0 radical (unpaired) electrons. The van der Waals surface area contributed by atoms with Crippen LogP contribution in [-0.4, -0.2) is 23.0 Å². The summed E-state index contributed by atoms with van der Waals surface area (Å²) in [5.74, 6) is -1.73. The lowest BCUT2D eigenvalue weighted by Gasteiger charge is -2.21. The SMILES string of the molecule is CC(C)C(NC(=O)c1c(F)cccc1Cl)C(N)=NO. The van der Waals surface area contributed by atoms with Crippen LogP contribution < -0.4 is 11.1 Å². The maximum Gasteiger partial charge on any atom is 0.256 e. The van der Waals surface area contributed by atoms with Gasteiger partial charge in [-0.05, 0) is 18.1 Å². The van der Waals surface area contributed by atoms with Crippen molar-refractivity contribution in [1.82, 2.24) is 5.32 Å². The predicted octanol–water partition coefficient (Wildman–Crippen LogP) is 1.98. The van der Waals surface area contributed by atoms with Crippen LogP contribution in [0, 0.1) is 11.7 Å². The van der Waals surface area contributed by atoms with Gasteiger partial charge in [0.1, 0.15) is 5.82 Å². The van der Waals surface area contributed by atoms with Gasteiger partial charge in [-0.15, -0.1) is 0 Å². The molecule has 0 aliphatic heterocycles. The minimum atomic E-state index is -0.730. The molecule has 7 heteroatoms. The number of nitrogens with two attached hydrogens (primary N) is 1. The molecule has 1 aromatic carbocycles. The smallest absolute Gasteiger partial charge is 0.256 e. The van der Waals surface area contributed by atoms with E-state index in [1.807, 2.05) is 0 Å². The number of nitrogens with one attached hydrogen (secondary N) is 1. The van der Waals surface area contributed by atoms with E-state index in [2.05, 4.69) is 10.5 Å². The van der Waals surface area contributed by atoms with Gasteiger partial charge < -0.3 is 16.3 Å². The van der Waals surface area contributed by atoms with Crippen LogP contribution in [0.15, 0.2) is 23.4 Å². The summed E-state index contributed by atoms with van der Waals surface area (Å²) in [6, 6.07) is 3.23. The number of hydrogen-bond acceptors (Lipinski definition) is 3. The summed E-state index contributed by atoms with van der Waals surface area (Å²) in [6.07, 6.45) is 0. The highest BCUT2D eigenvalue weighted by Crippen LogP contribution is 2.19. The van der Waals surface area contributed by atoms with Crippen LogP contribution in [0.2, 0.25) is 5.02 Å². The van der Waals surface area contributed by atoms with Gasteiger partial charge in [0.2, 0.25) is 0 Å². The monoisotopic (exact) mass is 287 g/mol. The number of amides is 1. The first-order valence-corrected chi connectivity index (χ1v) is 5.98. The van der Waals surface area contributed by atoms with Crippen LogP contribution in [0.5, 0.6) is 0 Å². The third-order valence-electron chi connectivity index (χ3n) is 2.58. The average molecular weight is 288 g/mol. The van der Waals surface area contributed by atoms with E-state index < -0.39 is 17.8 Å². The van der Waals surface area contributed by atoms with Gasteiger partial charge in [0.05, 0.1) is 16.6 Å². The lowest BCUT2D eigenvalue weighted by atomic mass is 10.0. The van der Waals surface area contributed by atoms with E-state index in [4.69, 9.17) is 22.5 Å². The molecule has 4 N–H and O–H groups in total. The van der Waals surface area contributed by atoms with Gasteiger partial charge in [-0.2, -0.15) is 0 Å². The Morgan fingerprint density at radius 2 is 2.16 bits per heavy atom. The van der Waals surface area contributed by atoms with Crippen molar-refractivity contribution in [3.8, 4) is 0 Å². The maximum absolute atomic E-state index is 13.6. The summed E-state index contributed by atoms with van der Waals surface area (Å²) in [6.45, 7) is 3.54. The molecule has 0 aromatic heterocycles. The molecule has 104 valence electrons. The van der Waals surface area contributed by atoms with Crippen molar-refractivity contribution in [1.29, 1.82) is 0 Å². The van der Waals surface area contributed by atoms with Crippen molar-refractivity contribution in [3.63, 3.8) is 0 Å². The first kappa shape index (κ1) is 15.2. The normalized spacial score (nSPS) is 13.4. The van der Waals surface area contributed by atoms with Crippen LogP contribution in [0.3, 0.4) is 0 Å².